The summed E-state index contributed by atoms with van der Waals surface area (Å²) >= 11 is 0. The summed E-state index contributed by atoms with van der Waals surface area (Å²) in [7, 11) is 0. The maximum Gasteiger partial charge on any atom is 0.0726 e. The first-order valence-corrected chi connectivity index (χ1v) is 30.8. The van der Waals surface area contributed by atoms with Gasteiger partial charge in [-0.25, -0.2) is 0 Å². The van der Waals surface area contributed by atoms with Gasteiger partial charge in [0.15, 0.2) is 0 Å². The van der Waals surface area contributed by atoms with Gasteiger partial charge in [0, 0.05) is 22.7 Å². The van der Waals surface area contributed by atoms with Crippen LogP contribution in [0.4, 0.5) is 17.1 Å². The lowest BCUT2D eigenvalue weighted by molar-refractivity contribution is 0.632. The highest BCUT2D eigenvalue weighted by molar-refractivity contribution is 6.02. The predicted molar refractivity (Wildman–Crippen MR) is 368 cm³/mol. The van der Waals surface area contributed by atoms with Crippen molar-refractivity contribution in [2.45, 2.75) is 100 Å². The van der Waals surface area contributed by atoms with E-state index >= 15 is 0 Å². The number of aryl methyl sites for hydroxylation is 7. The topological polar surface area (TPSA) is 3.24 Å². The van der Waals surface area contributed by atoms with Crippen LogP contribution in [-0.4, -0.2) is 0 Å². The molecule has 0 saturated heterocycles. The highest BCUT2D eigenvalue weighted by Gasteiger charge is 2.52. The van der Waals surface area contributed by atoms with E-state index in [2.05, 4.69) is 298 Å². The molecule has 4 aliphatic rings. The van der Waals surface area contributed by atoms with Crippen molar-refractivity contribution >= 4 is 22.6 Å². The van der Waals surface area contributed by atoms with Gasteiger partial charge < -0.3 is 4.90 Å². The molecule has 424 valence electrons. The quantitative estimate of drug-likeness (QED) is 0.160. The van der Waals surface area contributed by atoms with E-state index in [0.717, 1.165) is 12.8 Å². The average Bonchev–Trinajstić information content (AvgIpc) is 1.53. The number of fused-ring (bicyclic) bond motifs is 10. The third-order valence-electron chi connectivity index (χ3n) is 17.4. The number of nitrogens with zero attached hydrogens (tertiary/aromatic N) is 1. The molecule has 4 aliphatic carbocycles. The summed E-state index contributed by atoms with van der Waals surface area (Å²) in [6.45, 7) is 23.9. The summed E-state index contributed by atoms with van der Waals surface area (Å²) in [4.78, 5) is 2.59. The third kappa shape index (κ3) is 11.9. The number of hydrogen-bond acceptors (Lipinski definition) is 1. The minimum Gasteiger partial charge on any atom is -0.309 e. The third-order valence-corrected chi connectivity index (χ3v) is 17.4. The zero-order valence-electron chi connectivity index (χ0n) is 51.9. The minimum atomic E-state index is -0.405. The van der Waals surface area contributed by atoms with E-state index in [4.69, 9.17) is 0 Å². The molecule has 14 rings (SSSR count). The van der Waals surface area contributed by atoms with Crippen LogP contribution >= 0.6 is 0 Å². The Morgan fingerprint density at radius 3 is 1.46 bits per heavy atom. The van der Waals surface area contributed by atoms with Gasteiger partial charge in [-0.15, -0.1) is 0 Å². The molecule has 1 nitrogen and oxygen atoms in total. The highest BCUT2D eigenvalue weighted by Crippen LogP contribution is 2.65. The molecule has 0 heterocycles. The van der Waals surface area contributed by atoms with Gasteiger partial charge in [-0.1, -0.05) is 286 Å². The largest absolute Gasteiger partial charge is 0.309 e. The number of benzene rings is 10. The van der Waals surface area contributed by atoms with Crippen LogP contribution in [0.3, 0.4) is 0 Å². The van der Waals surface area contributed by atoms with Crippen LogP contribution in [0.2, 0.25) is 0 Å². The Labute approximate surface area is 509 Å². The van der Waals surface area contributed by atoms with Crippen molar-refractivity contribution in [2.75, 3.05) is 4.90 Å². The zero-order valence-corrected chi connectivity index (χ0v) is 51.9. The summed E-state index contributed by atoms with van der Waals surface area (Å²) in [6, 6.07) is 84.2. The Morgan fingerprint density at radius 1 is 0.388 bits per heavy atom. The lowest BCUT2D eigenvalue weighted by atomic mass is 9.70. The van der Waals surface area contributed by atoms with E-state index < -0.39 is 5.41 Å². The lowest BCUT2D eigenvalue weighted by Crippen LogP contribution is -2.26. The van der Waals surface area contributed by atoms with E-state index in [-0.39, 0.29) is 0 Å². The molecule has 10 aromatic carbocycles. The van der Waals surface area contributed by atoms with E-state index in [1.807, 2.05) is 50.2 Å². The number of hydrogen-bond donors (Lipinski definition) is 0. The fraction of sp³-hybridized carbons (Fsp3) is 0.190. The Balaban J connectivity index is 0.000000210. The second-order valence-electron chi connectivity index (χ2n) is 23.2. The van der Waals surface area contributed by atoms with Crippen LogP contribution in [0.25, 0.3) is 39.0 Å². The number of anilines is 3. The van der Waals surface area contributed by atoms with Crippen molar-refractivity contribution in [1.29, 1.82) is 0 Å². The molecule has 0 aromatic heterocycles. The van der Waals surface area contributed by atoms with E-state index in [1.165, 1.54) is 134 Å². The molecular formula is C84H83N. The standard InChI is InChI=1S/C53H45N.C15H16.2C7H8.C2H6/c1-34-17-5-7-20-39(34)40-32-31-38(33-37(40)4)54(49-29-15-19-36(3)51(49)41-21-8-6-18-35(41)2)50-30-16-28-48-52(50)44-24-11-14-27-47(44)53(48)45-25-12-9-22-42(45)43-23-10-13-26-46(43)53;1-11-8-9-15(13(3)10-11)14-7-5-4-6-12(14)2;2*1-7-5-3-2-4-6-7;1-2/h5,7-17,19-34,39H,6,18H2,1-4H3;4-10H,1-3H3;2*2-6H,1H3;1-2H3. The fourth-order valence-electron chi connectivity index (χ4n) is 13.3. The normalized spacial score (nSPS) is 15.0. The first-order valence-electron chi connectivity index (χ1n) is 30.8. The molecule has 0 aliphatic heterocycles. The van der Waals surface area contributed by atoms with Crippen LogP contribution in [0.1, 0.15) is 119 Å². The van der Waals surface area contributed by atoms with Gasteiger partial charge in [0.2, 0.25) is 0 Å². The Bertz CT molecular complexity index is 4000. The van der Waals surface area contributed by atoms with Gasteiger partial charge in [-0.3, -0.25) is 0 Å². The van der Waals surface area contributed by atoms with Crippen molar-refractivity contribution in [3.63, 3.8) is 0 Å². The first-order chi connectivity index (χ1) is 41.4. The second-order valence-corrected chi connectivity index (χ2v) is 23.2. The van der Waals surface area contributed by atoms with Crippen LogP contribution in [0, 0.1) is 54.4 Å². The lowest BCUT2D eigenvalue weighted by Gasteiger charge is -2.33. The van der Waals surface area contributed by atoms with Gasteiger partial charge in [0.1, 0.15) is 0 Å². The smallest absolute Gasteiger partial charge is 0.0726 e. The fourth-order valence-corrected chi connectivity index (χ4v) is 13.3. The molecule has 10 aromatic rings. The summed E-state index contributed by atoms with van der Waals surface area (Å²) in [5.74, 6) is 0.816. The number of rotatable bonds is 6. The van der Waals surface area contributed by atoms with Crippen molar-refractivity contribution < 1.29 is 0 Å². The SMILES string of the molecule is CC.CC1=C(c2c(C)cccc2N(c2ccc(C3C=CC=CC3C)c(C)c2)c2cccc3c2-c2ccccc2C32c3ccccc3-c3ccccc32)C=CCC1.Cc1ccc(-c2ccccc2C)c(C)c1.Cc1ccccc1.Cc1ccccc1. The monoisotopic (exact) mass is 1110 g/mol. The predicted octanol–water partition coefficient (Wildman–Crippen LogP) is 23.4. The van der Waals surface area contributed by atoms with E-state index in [9.17, 15) is 0 Å². The van der Waals surface area contributed by atoms with Crippen LogP contribution < -0.4 is 4.90 Å². The minimum absolute atomic E-state index is 0.363. The number of allylic oxidation sites excluding steroid dienone is 8. The molecule has 0 radical (unpaired) electrons. The molecular weight excluding hydrogens is 1020 g/mol. The van der Waals surface area contributed by atoms with Gasteiger partial charge in [-0.05, 0) is 182 Å². The van der Waals surface area contributed by atoms with Gasteiger partial charge in [-0.2, -0.15) is 0 Å². The highest BCUT2D eigenvalue weighted by atomic mass is 15.1. The second kappa shape index (κ2) is 26.7. The van der Waals surface area contributed by atoms with Gasteiger partial charge >= 0.3 is 0 Å². The first kappa shape index (κ1) is 59.1. The molecule has 1 spiro atoms. The molecule has 0 amide bonds. The summed E-state index contributed by atoms with van der Waals surface area (Å²) < 4.78 is 0. The molecule has 0 N–H and O–H groups in total. The van der Waals surface area contributed by atoms with Crippen molar-refractivity contribution in [3.8, 4) is 33.4 Å². The molecule has 85 heavy (non-hydrogen) atoms. The van der Waals surface area contributed by atoms with Crippen molar-refractivity contribution in [3.05, 3.63) is 345 Å². The van der Waals surface area contributed by atoms with Gasteiger partial charge in [0.25, 0.3) is 0 Å². The van der Waals surface area contributed by atoms with Crippen LogP contribution in [-0.2, 0) is 5.41 Å². The maximum atomic E-state index is 2.59. The van der Waals surface area contributed by atoms with E-state index in [0.29, 0.717) is 11.8 Å². The Kier molecular flexibility index (Phi) is 18.6. The summed E-state index contributed by atoms with van der Waals surface area (Å²) in [5.41, 5.74) is 31.4. The molecule has 1 heteroatoms. The van der Waals surface area contributed by atoms with Gasteiger partial charge in [0.05, 0.1) is 16.8 Å². The molecule has 2 unspecified atom stereocenters. The average molecular weight is 1110 g/mol. The summed E-state index contributed by atoms with van der Waals surface area (Å²) in [6.07, 6.45) is 16.0. The van der Waals surface area contributed by atoms with Crippen molar-refractivity contribution in [2.24, 2.45) is 5.92 Å². The summed E-state index contributed by atoms with van der Waals surface area (Å²) in [5, 5.41) is 0. The molecule has 0 saturated carbocycles. The van der Waals surface area contributed by atoms with Crippen LogP contribution in [0.15, 0.2) is 273 Å². The maximum absolute atomic E-state index is 2.59. The Morgan fingerprint density at radius 2 is 0.894 bits per heavy atom. The molecule has 0 bridgehead atoms. The van der Waals surface area contributed by atoms with Crippen LogP contribution in [0.5, 0.6) is 0 Å². The van der Waals surface area contributed by atoms with Crippen molar-refractivity contribution in [1.82, 2.24) is 0 Å². The van der Waals surface area contributed by atoms with E-state index in [1.54, 1.807) is 0 Å². The zero-order chi connectivity index (χ0) is 59.6. The molecule has 2 atom stereocenters. The molecule has 0 fully saturated rings. The Hall–Kier alpha value is -9.04.